The number of carbonyl (C=O) groups excluding carboxylic acids is 1. The van der Waals surface area contributed by atoms with E-state index in [0.29, 0.717) is 31.1 Å². The number of nitrogens with zero attached hydrogens (tertiary/aromatic N) is 4. The van der Waals surface area contributed by atoms with Crippen LogP contribution in [0.4, 0.5) is 10.3 Å². The first-order valence-electron chi connectivity index (χ1n) is 12.0. The van der Waals surface area contributed by atoms with Crippen LogP contribution < -0.4 is 4.90 Å². The van der Waals surface area contributed by atoms with Crippen LogP contribution in [0.25, 0.3) is 11.3 Å². The molecule has 1 saturated heterocycles. The summed E-state index contributed by atoms with van der Waals surface area (Å²) in [4.78, 5) is 19.8. The summed E-state index contributed by atoms with van der Waals surface area (Å²) in [5.74, 6) is 1.06. The largest absolute Gasteiger partial charge is 0.338 e. The van der Waals surface area contributed by atoms with E-state index in [1.165, 1.54) is 12.1 Å². The van der Waals surface area contributed by atoms with Crippen LogP contribution in [0, 0.1) is 17.2 Å². The van der Waals surface area contributed by atoms with E-state index in [-0.39, 0.29) is 17.1 Å². The van der Waals surface area contributed by atoms with E-state index in [2.05, 4.69) is 56.6 Å². The zero-order valence-electron chi connectivity index (χ0n) is 21.0. The van der Waals surface area contributed by atoms with Crippen LogP contribution >= 0.6 is 0 Å². The molecule has 0 atom stereocenters. The van der Waals surface area contributed by atoms with Crippen molar-refractivity contribution in [1.82, 2.24) is 15.0 Å². The quantitative estimate of drug-likeness (QED) is 0.555. The van der Waals surface area contributed by atoms with E-state index in [0.717, 1.165) is 49.6 Å². The first-order chi connectivity index (χ1) is 15.5. The summed E-state index contributed by atoms with van der Waals surface area (Å²) in [5.41, 5.74) is 2.28. The molecule has 1 amide bonds. The molecule has 0 radical (unpaired) electrons. The molecule has 0 bridgehead atoms. The summed E-state index contributed by atoms with van der Waals surface area (Å²) in [6.45, 7) is 15.3. The SMILES string of the molecule is CC(C)CCN(Cc1c(-c2ccc(F)cc2)noc1N1CCN(C)CC1)C(=O)CC(C)(C)C. The molecule has 182 valence electrons. The Labute approximate surface area is 197 Å². The minimum Gasteiger partial charge on any atom is -0.338 e. The van der Waals surface area contributed by atoms with Gasteiger partial charge in [-0.15, -0.1) is 0 Å². The highest BCUT2D eigenvalue weighted by Crippen LogP contribution is 2.34. The molecule has 33 heavy (non-hydrogen) atoms. The van der Waals surface area contributed by atoms with Crippen LogP contribution in [0.2, 0.25) is 0 Å². The Morgan fingerprint density at radius 1 is 1.15 bits per heavy atom. The lowest BCUT2D eigenvalue weighted by Crippen LogP contribution is -2.45. The molecule has 0 aliphatic carbocycles. The highest BCUT2D eigenvalue weighted by atomic mass is 19.1. The summed E-state index contributed by atoms with van der Waals surface area (Å²) in [5, 5.41) is 4.40. The van der Waals surface area contributed by atoms with Gasteiger partial charge in [-0.1, -0.05) is 39.8 Å². The van der Waals surface area contributed by atoms with Crippen LogP contribution in [0.15, 0.2) is 28.8 Å². The summed E-state index contributed by atoms with van der Waals surface area (Å²) in [6, 6.07) is 6.31. The van der Waals surface area contributed by atoms with Crippen molar-refractivity contribution in [3.8, 4) is 11.3 Å². The highest BCUT2D eigenvalue weighted by molar-refractivity contribution is 5.78. The second kappa shape index (κ2) is 10.7. The molecule has 6 nitrogen and oxygen atoms in total. The maximum Gasteiger partial charge on any atom is 0.232 e. The number of aromatic nitrogens is 1. The van der Waals surface area contributed by atoms with Crippen LogP contribution in [0.5, 0.6) is 0 Å². The number of likely N-dealkylation sites (N-methyl/N-ethyl adjacent to an activating group) is 1. The third-order valence-electron chi connectivity index (χ3n) is 6.04. The highest BCUT2D eigenvalue weighted by Gasteiger charge is 2.29. The monoisotopic (exact) mass is 458 g/mol. The Hall–Kier alpha value is -2.41. The Bertz CT molecular complexity index is 909. The number of hydrogen-bond acceptors (Lipinski definition) is 5. The van der Waals surface area contributed by atoms with E-state index in [1.54, 1.807) is 12.1 Å². The van der Waals surface area contributed by atoms with Crippen molar-refractivity contribution < 1.29 is 13.7 Å². The third kappa shape index (κ3) is 7.03. The molecule has 1 aromatic carbocycles. The van der Waals surface area contributed by atoms with Gasteiger partial charge in [0.2, 0.25) is 11.8 Å². The number of amides is 1. The number of piperazine rings is 1. The molecule has 1 fully saturated rings. The van der Waals surface area contributed by atoms with Crippen molar-refractivity contribution in [2.24, 2.45) is 11.3 Å². The van der Waals surface area contributed by atoms with Crippen molar-refractivity contribution >= 4 is 11.8 Å². The maximum atomic E-state index is 13.6. The standard InChI is InChI=1S/C26H39FN4O2/c1-19(2)11-12-31(23(32)17-26(3,4)5)18-22-24(20-7-9-21(27)10-8-20)28-33-25(22)30-15-13-29(6)14-16-30/h7-10,19H,11-18H2,1-6H3. The number of carbonyl (C=O) groups is 1. The number of anilines is 1. The lowest BCUT2D eigenvalue weighted by atomic mass is 9.91. The zero-order valence-corrected chi connectivity index (χ0v) is 21.0. The molecule has 2 heterocycles. The van der Waals surface area contributed by atoms with Gasteiger partial charge in [0, 0.05) is 44.7 Å². The van der Waals surface area contributed by atoms with E-state index in [9.17, 15) is 9.18 Å². The zero-order chi connectivity index (χ0) is 24.2. The second-order valence-corrected chi connectivity index (χ2v) is 10.8. The van der Waals surface area contributed by atoms with Crippen molar-refractivity contribution in [3.63, 3.8) is 0 Å². The van der Waals surface area contributed by atoms with E-state index >= 15 is 0 Å². The molecule has 2 aromatic rings. The summed E-state index contributed by atoms with van der Waals surface area (Å²) >= 11 is 0. The third-order valence-corrected chi connectivity index (χ3v) is 6.04. The molecule has 0 saturated carbocycles. The molecule has 0 unspecified atom stereocenters. The molecular formula is C26H39FN4O2. The lowest BCUT2D eigenvalue weighted by Gasteiger charge is -2.33. The summed E-state index contributed by atoms with van der Waals surface area (Å²) < 4.78 is 19.5. The topological polar surface area (TPSA) is 52.8 Å². The lowest BCUT2D eigenvalue weighted by molar-refractivity contribution is -0.133. The fourth-order valence-corrected chi connectivity index (χ4v) is 4.00. The first-order valence-corrected chi connectivity index (χ1v) is 12.0. The van der Waals surface area contributed by atoms with Crippen LogP contribution in [0.1, 0.15) is 53.0 Å². The molecule has 3 rings (SSSR count). The average Bonchev–Trinajstić information content (AvgIpc) is 3.14. The maximum absolute atomic E-state index is 13.6. The van der Waals surface area contributed by atoms with Crippen molar-refractivity contribution in [2.45, 2.75) is 54.0 Å². The first kappa shape index (κ1) is 25.2. The van der Waals surface area contributed by atoms with E-state index < -0.39 is 0 Å². The van der Waals surface area contributed by atoms with Gasteiger partial charge >= 0.3 is 0 Å². The average molecular weight is 459 g/mol. The van der Waals surface area contributed by atoms with Gasteiger partial charge in [0.15, 0.2) is 0 Å². The molecule has 0 spiro atoms. The number of hydrogen-bond donors (Lipinski definition) is 0. The predicted octanol–water partition coefficient (Wildman–Crippen LogP) is 5.04. The molecular weight excluding hydrogens is 419 g/mol. The molecule has 0 N–H and O–H groups in total. The van der Waals surface area contributed by atoms with Gasteiger partial charge < -0.3 is 19.2 Å². The minimum atomic E-state index is -0.290. The molecule has 1 aliphatic heterocycles. The molecule has 7 heteroatoms. The van der Waals surface area contributed by atoms with Crippen LogP contribution in [-0.4, -0.2) is 60.6 Å². The number of halogens is 1. The van der Waals surface area contributed by atoms with Gasteiger partial charge in [-0.05, 0) is 49.1 Å². The van der Waals surface area contributed by atoms with Gasteiger partial charge in [0.05, 0.1) is 12.1 Å². The van der Waals surface area contributed by atoms with Crippen molar-refractivity contribution in [3.05, 3.63) is 35.6 Å². The Morgan fingerprint density at radius 2 is 1.79 bits per heavy atom. The molecule has 1 aromatic heterocycles. The fourth-order valence-electron chi connectivity index (χ4n) is 4.00. The normalized spacial score (nSPS) is 15.3. The van der Waals surface area contributed by atoms with Gasteiger partial charge in [-0.3, -0.25) is 4.79 Å². The van der Waals surface area contributed by atoms with Gasteiger partial charge in [-0.25, -0.2) is 4.39 Å². The van der Waals surface area contributed by atoms with E-state index in [4.69, 9.17) is 4.52 Å². The van der Waals surface area contributed by atoms with Gasteiger partial charge in [0.1, 0.15) is 11.5 Å². The van der Waals surface area contributed by atoms with Gasteiger partial charge in [0.25, 0.3) is 0 Å². The molecule has 1 aliphatic rings. The second-order valence-electron chi connectivity index (χ2n) is 10.8. The van der Waals surface area contributed by atoms with Crippen LogP contribution in [-0.2, 0) is 11.3 Å². The number of rotatable bonds is 8. The Kier molecular flexibility index (Phi) is 8.16. The Morgan fingerprint density at radius 3 is 2.36 bits per heavy atom. The smallest absolute Gasteiger partial charge is 0.232 e. The minimum absolute atomic E-state index is 0.0954. The predicted molar refractivity (Wildman–Crippen MR) is 131 cm³/mol. The Balaban J connectivity index is 1.97. The van der Waals surface area contributed by atoms with Crippen LogP contribution in [0.3, 0.4) is 0 Å². The number of benzene rings is 1. The van der Waals surface area contributed by atoms with Gasteiger partial charge in [-0.2, -0.15) is 0 Å². The summed E-state index contributed by atoms with van der Waals surface area (Å²) in [6.07, 6.45) is 1.41. The van der Waals surface area contributed by atoms with Crippen molar-refractivity contribution in [1.29, 1.82) is 0 Å². The van der Waals surface area contributed by atoms with E-state index in [1.807, 2.05) is 4.90 Å². The summed E-state index contributed by atoms with van der Waals surface area (Å²) in [7, 11) is 2.11. The van der Waals surface area contributed by atoms with Crippen molar-refractivity contribution in [2.75, 3.05) is 44.7 Å². The fraction of sp³-hybridized carbons (Fsp3) is 0.615.